The topological polar surface area (TPSA) is 115 Å². The van der Waals surface area contributed by atoms with Crippen LogP contribution in [-0.4, -0.2) is 30.7 Å². The Hall–Kier alpha value is -3.58. The van der Waals surface area contributed by atoms with Crippen molar-refractivity contribution in [3.8, 4) is 12.1 Å². The maximum absolute atomic E-state index is 12.4. The summed E-state index contributed by atoms with van der Waals surface area (Å²) in [6.45, 7) is 1.13. The molecule has 2 rings (SSSR count). The Morgan fingerprint density at radius 3 is 2.54 bits per heavy atom. The molecule has 0 radical (unpaired) electrons. The predicted octanol–water partition coefficient (Wildman–Crippen LogP) is 2.03. The number of nitrogens with zero attached hydrogens (tertiary/aromatic N) is 2. The van der Waals surface area contributed by atoms with Crippen LogP contribution >= 0.6 is 0 Å². The van der Waals surface area contributed by atoms with Crippen LogP contribution in [0.25, 0.3) is 10.8 Å². The predicted molar refractivity (Wildman–Crippen MR) is 94.8 cm³/mol. The van der Waals surface area contributed by atoms with Gasteiger partial charge in [-0.1, -0.05) is 42.5 Å². The van der Waals surface area contributed by atoms with E-state index in [2.05, 4.69) is 15.4 Å². The molecule has 0 bridgehead atoms. The summed E-state index contributed by atoms with van der Waals surface area (Å²) >= 11 is 0. The van der Waals surface area contributed by atoms with Crippen LogP contribution in [0.5, 0.6) is 0 Å². The highest BCUT2D eigenvalue weighted by atomic mass is 16.5. The van der Waals surface area contributed by atoms with Gasteiger partial charge in [0.25, 0.3) is 0 Å². The maximum atomic E-state index is 12.4. The first-order chi connectivity index (χ1) is 12.5. The number of nitriles is 2. The van der Waals surface area contributed by atoms with Crippen LogP contribution in [0.3, 0.4) is 0 Å². The van der Waals surface area contributed by atoms with Gasteiger partial charge < -0.3 is 15.4 Å². The van der Waals surface area contributed by atoms with E-state index >= 15 is 0 Å². The van der Waals surface area contributed by atoms with Crippen LogP contribution in [0, 0.1) is 22.7 Å². The second-order valence-electron chi connectivity index (χ2n) is 5.68. The van der Waals surface area contributed by atoms with Crippen LogP contribution in [-0.2, 0) is 16.0 Å². The van der Waals surface area contributed by atoms with Crippen LogP contribution in [0.15, 0.2) is 42.5 Å². The Labute approximate surface area is 151 Å². The van der Waals surface area contributed by atoms with Crippen LogP contribution in [0.1, 0.15) is 12.5 Å². The largest absolute Gasteiger partial charge is 0.434 e. The van der Waals surface area contributed by atoms with Crippen molar-refractivity contribution in [1.29, 1.82) is 10.5 Å². The van der Waals surface area contributed by atoms with E-state index in [1.165, 1.54) is 0 Å². The molecule has 2 aromatic rings. The molecule has 0 aliphatic heterocycles. The minimum Gasteiger partial charge on any atom is -0.434 e. The zero-order valence-electron chi connectivity index (χ0n) is 14.2. The normalized spacial score (nSPS) is 12.3. The van der Waals surface area contributed by atoms with Gasteiger partial charge in [0.1, 0.15) is 18.2 Å². The summed E-state index contributed by atoms with van der Waals surface area (Å²) in [5, 5.41) is 24.4. The molecule has 2 N–H and O–H groups in total. The van der Waals surface area contributed by atoms with Crippen LogP contribution in [0.2, 0.25) is 0 Å². The van der Waals surface area contributed by atoms with E-state index in [-0.39, 0.29) is 6.42 Å². The molecule has 0 fully saturated rings. The lowest BCUT2D eigenvalue weighted by Gasteiger charge is -2.19. The minimum absolute atomic E-state index is 0.219. The molecule has 132 valence electrons. The Morgan fingerprint density at radius 1 is 1.12 bits per heavy atom. The third-order valence-electron chi connectivity index (χ3n) is 3.68. The maximum Gasteiger partial charge on any atom is 0.408 e. The number of nitrogens with one attached hydrogen (secondary N) is 2. The number of amides is 2. The highest BCUT2D eigenvalue weighted by Gasteiger charge is 2.23. The summed E-state index contributed by atoms with van der Waals surface area (Å²) in [6, 6.07) is 15.5. The molecule has 26 heavy (non-hydrogen) atoms. The standard InChI is InChI=1S/C19H18N4O3/c1-13(12-21)22-18(24)17(23-19(25)26-9-8-20)11-14-6-7-15-4-2-3-5-16(15)10-14/h2-7,10,13,17H,9,11H2,1H3,(H,22,24)(H,23,25). The fourth-order valence-electron chi connectivity index (χ4n) is 2.44. The van der Waals surface area contributed by atoms with Gasteiger partial charge in [-0.05, 0) is 23.3 Å². The minimum atomic E-state index is -0.932. The number of carbonyl (C=O) groups excluding carboxylic acids is 2. The van der Waals surface area contributed by atoms with Crippen molar-refractivity contribution in [3.63, 3.8) is 0 Å². The fraction of sp³-hybridized carbons (Fsp3) is 0.263. The SMILES string of the molecule is CC(C#N)NC(=O)C(Cc1ccc2ccccc2c1)NC(=O)OCC#N. The first kappa shape index (κ1) is 18.8. The molecule has 2 aromatic carbocycles. The molecule has 2 atom stereocenters. The molecule has 7 nitrogen and oxygen atoms in total. The quantitative estimate of drug-likeness (QED) is 0.827. The van der Waals surface area contributed by atoms with Gasteiger partial charge in [-0.25, -0.2) is 4.79 Å². The van der Waals surface area contributed by atoms with Crippen molar-refractivity contribution in [2.75, 3.05) is 6.61 Å². The van der Waals surface area contributed by atoms with Crippen LogP contribution < -0.4 is 10.6 Å². The monoisotopic (exact) mass is 350 g/mol. The average Bonchev–Trinajstić information content (AvgIpc) is 2.65. The molecular weight excluding hydrogens is 332 g/mol. The number of fused-ring (bicyclic) bond motifs is 1. The highest BCUT2D eigenvalue weighted by molar-refractivity contribution is 5.87. The number of rotatable bonds is 6. The van der Waals surface area contributed by atoms with Crippen molar-refractivity contribution in [1.82, 2.24) is 10.6 Å². The molecule has 0 spiro atoms. The molecule has 0 saturated carbocycles. The lowest BCUT2D eigenvalue weighted by Crippen LogP contribution is -2.50. The molecule has 0 aliphatic carbocycles. The summed E-state index contributed by atoms with van der Waals surface area (Å²) in [5.41, 5.74) is 0.842. The zero-order chi connectivity index (χ0) is 18.9. The molecule has 0 saturated heterocycles. The van der Waals surface area contributed by atoms with Gasteiger partial charge >= 0.3 is 6.09 Å². The van der Waals surface area contributed by atoms with Gasteiger partial charge in [-0.2, -0.15) is 10.5 Å². The Bertz CT molecular complexity index is 882. The number of alkyl carbamates (subject to hydrolysis) is 1. The summed E-state index contributed by atoms with van der Waals surface area (Å²) in [6.07, 6.45) is -0.645. The lowest BCUT2D eigenvalue weighted by atomic mass is 10.0. The van der Waals surface area contributed by atoms with E-state index in [9.17, 15) is 9.59 Å². The Kier molecular flexibility index (Phi) is 6.53. The van der Waals surface area contributed by atoms with Gasteiger partial charge in [0.05, 0.1) is 6.07 Å². The first-order valence-electron chi connectivity index (χ1n) is 8.01. The molecular formula is C19H18N4O3. The van der Waals surface area contributed by atoms with Gasteiger partial charge in [0.2, 0.25) is 5.91 Å². The van der Waals surface area contributed by atoms with Crippen molar-refractivity contribution >= 4 is 22.8 Å². The molecule has 2 amide bonds. The molecule has 0 aliphatic rings. The third-order valence-corrected chi connectivity index (χ3v) is 3.68. The zero-order valence-corrected chi connectivity index (χ0v) is 14.2. The lowest BCUT2D eigenvalue weighted by molar-refractivity contribution is -0.123. The summed E-state index contributed by atoms with van der Waals surface area (Å²) in [7, 11) is 0. The van der Waals surface area contributed by atoms with Crippen molar-refractivity contribution < 1.29 is 14.3 Å². The first-order valence-corrected chi connectivity index (χ1v) is 8.01. The number of ether oxygens (including phenoxy) is 1. The Morgan fingerprint density at radius 2 is 1.85 bits per heavy atom. The van der Waals surface area contributed by atoms with Gasteiger partial charge in [0.15, 0.2) is 6.61 Å². The van der Waals surface area contributed by atoms with Gasteiger partial charge in [-0.3, -0.25) is 4.79 Å². The van der Waals surface area contributed by atoms with Crippen molar-refractivity contribution in [3.05, 3.63) is 48.0 Å². The van der Waals surface area contributed by atoms with E-state index < -0.39 is 30.7 Å². The van der Waals surface area contributed by atoms with Crippen molar-refractivity contribution in [2.45, 2.75) is 25.4 Å². The van der Waals surface area contributed by atoms with Gasteiger partial charge in [-0.15, -0.1) is 0 Å². The van der Waals surface area contributed by atoms with Gasteiger partial charge in [0, 0.05) is 6.42 Å². The highest BCUT2D eigenvalue weighted by Crippen LogP contribution is 2.17. The number of hydrogen-bond donors (Lipinski definition) is 2. The summed E-state index contributed by atoms with van der Waals surface area (Å²) in [4.78, 5) is 24.1. The number of benzene rings is 2. The van der Waals surface area contributed by atoms with Crippen LogP contribution in [0.4, 0.5) is 4.79 Å². The van der Waals surface area contributed by atoms with E-state index in [0.717, 1.165) is 16.3 Å². The number of carbonyl (C=O) groups is 2. The smallest absolute Gasteiger partial charge is 0.408 e. The fourth-order valence-corrected chi connectivity index (χ4v) is 2.44. The molecule has 0 aromatic heterocycles. The van der Waals surface area contributed by atoms with E-state index in [4.69, 9.17) is 10.5 Å². The summed E-state index contributed by atoms with van der Waals surface area (Å²) in [5.74, 6) is -0.499. The molecule has 7 heteroatoms. The van der Waals surface area contributed by atoms with E-state index in [0.29, 0.717) is 0 Å². The average molecular weight is 350 g/mol. The molecule has 2 unspecified atom stereocenters. The third kappa shape index (κ3) is 5.22. The summed E-state index contributed by atoms with van der Waals surface area (Å²) < 4.78 is 4.65. The van der Waals surface area contributed by atoms with E-state index in [1.54, 1.807) is 13.0 Å². The number of hydrogen-bond acceptors (Lipinski definition) is 5. The Balaban J connectivity index is 2.18. The second kappa shape index (κ2) is 9.05. The molecule has 0 heterocycles. The second-order valence-corrected chi connectivity index (χ2v) is 5.68. The van der Waals surface area contributed by atoms with E-state index in [1.807, 2.05) is 48.5 Å². The van der Waals surface area contributed by atoms with Crippen molar-refractivity contribution in [2.24, 2.45) is 0 Å².